The average molecular weight is 380 g/mol. The third-order valence-corrected chi connectivity index (χ3v) is 4.83. The molecule has 0 saturated heterocycles. The number of carbonyl (C=O) groups is 1. The van der Waals surface area contributed by atoms with Gasteiger partial charge in [0.1, 0.15) is 18.1 Å². The summed E-state index contributed by atoms with van der Waals surface area (Å²) in [5, 5.41) is 4.81. The molecule has 0 radical (unpaired) electrons. The lowest BCUT2D eigenvalue weighted by atomic mass is 10.1. The Labute approximate surface area is 159 Å². The van der Waals surface area contributed by atoms with E-state index in [9.17, 15) is 9.18 Å². The second-order valence-electron chi connectivity index (χ2n) is 6.11. The molecule has 0 aliphatic heterocycles. The number of hydrogen-bond donors (Lipinski definition) is 1. The summed E-state index contributed by atoms with van der Waals surface area (Å²) in [6.45, 7) is 0.595. The number of aromatic nitrogens is 3. The minimum atomic E-state index is -0.267. The van der Waals surface area contributed by atoms with Gasteiger partial charge in [-0.1, -0.05) is 24.3 Å². The third-order valence-electron chi connectivity index (χ3n) is 4.24. The quantitative estimate of drug-likeness (QED) is 0.555. The van der Waals surface area contributed by atoms with Crippen molar-refractivity contribution in [2.45, 2.75) is 13.0 Å². The molecule has 2 aromatic heterocycles. The van der Waals surface area contributed by atoms with Crippen molar-refractivity contribution in [2.24, 2.45) is 0 Å². The molecular weight excluding hydrogens is 363 g/mol. The summed E-state index contributed by atoms with van der Waals surface area (Å²) >= 11 is 1.49. The minimum absolute atomic E-state index is 0.119. The van der Waals surface area contributed by atoms with Gasteiger partial charge in [-0.05, 0) is 36.2 Å². The number of nitrogens with zero attached hydrogens (tertiary/aromatic N) is 3. The summed E-state index contributed by atoms with van der Waals surface area (Å²) in [6.07, 6.45) is 0.577. The summed E-state index contributed by atoms with van der Waals surface area (Å²) in [5.74, 6) is 0.292. The molecule has 4 aromatic rings. The highest BCUT2D eigenvalue weighted by Crippen LogP contribution is 2.24. The lowest BCUT2D eigenvalue weighted by molar-refractivity contribution is -0.121. The number of hydrogen-bond acceptors (Lipinski definition) is 4. The first-order valence-electron chi connectivity index (χ1n) is 8.56. The van der Waals surface area contributed by atoms with Gasteiger partial charge < -0.3 is 9.88 Å². The number of halogens is 1. The zero-order chi connectivity index (χ0) is 18.6. The Morgan fingerprint density at radius 3 is 2.89 bits per heavy atom. The molecule has 0 fully saturated rings. The van der Waals surface area contributed by atoms with Crippen LogP contribution in [-0.2, 0) is 17.8 Å². The number of rotatable bonds is 6. The van der Waals surface area contributed by atoms with Crippen LogP contribution < -0.4 is 5.32 Å². The van der Waals surface area contributed by atoms with E-state index in [1.807, 2.05) is 40.3 Å². The molecule has 27 heavy (non-hydrogen) atoms. The highest BCUT2D eigenvalue weighted by Gasteiger charge is 2.16. The fraction of sp³-hybridized carbons (Fsp3) is 0.150. The first kappa shape index (κ1) is 17.4. The summed E-state index contributed by atoms with van der Waals surface area (Å²) in [5.41, 5.74) is 5.07. The van der Waals surface area contributed by atoms with Gasteiger partial charge in [0.05, 0.1) is 16.5 Å². The van der Waals surface area contributed by atoms with Crippen molar-refractivity contribution < 1.29 is 9.18 Å². The molecule has 1 N–H and O–H groups in total. The van der Waals surface area contributed by atoms with Gasteiger partial charge in [-0.15, -0.1) is 11.3 Å². The van der Waals surface area contributed by atoms with Gasteiger partial charge in [0.25, 0.3) is 0 Å². The number of para-hydroxylation sites is 2. The van der Waals surface area contributed by atoms with Crippen molar-refractivity contribution in [2.75, 3.05) is 6.54 Å². The molecule has 136 valence electrons. The van der Waals surface area contributed by atoms with Gasteiger partial charge in [-0.2, -0.15) is 0 Å². The van der Waals surface area contributed by atoms with Gasteiger partial charge in [0.15, 0.2) is 5.82 Å². The second-order valence-corrected chi connectivity index (χ2v) is 6.83. The van der Waals surface area contributed by atoms with Crippen LogP contribution in [0.5, 0.6) is 0 Å². The van der Waals surface area contributed by atoms with Crippen LogP contribution in [0.1, 0.15) is 5.56 Å². The topological polar surface area (TPSA) is 59.8 Å². The summed E-state index contributed by atoms with van der Waals surface area (Å²) in [6, 6.07) is 14.1. The predicted molar refractivity (Wildman–Crippen MR) is 104 cm³/mol. The largest absolute Gasteiger partial charge is 0.354 e. The van der Waals surface area contributed by atoms with E-state index in [0.29, 0.717) is 18.8 Å². The van der Waals surface area contributed by atoms with Crippen molar-refractivity contribution in [1.82, 2.24) is 19.9 Å². The Bertz CT molecular complexity index is 1070. The predicted octanol–water partition coefficient (Wildman–Crippen LogP) is 3.66. The molecule has 4 rings (SSSR count). The third kappa shape index (κ3) is 3.88. The molecule has 0 aliphatic carbocycles. The molecule has 0 atom stereocenters. The lowest BCUT2D eigenvalue weighted by Crippen LogP contribution is -2.29. The van der Waals surface area contributed by atoms with Crippen LogP contribution in [0.4, 0.5) is 4.39 Å². The van der Waals surface area contributed by atoms with Crippen LogP contribution in [0.3, 0.4) is 0 Å². The second kappa shape index (κ2) is 7.67. The van der Waals surface area contributed by atoms with Gasteiger partial charge in [0.2, 0.25) is 5.91 Å². The van der Waals surface area contributed by atoms with Crippen LogP contribution in [0.15, 0.2) is 59.4 Å². The van der Waals surface area contributed by atoms with Crippen molar-refractivity contribution in [3.05, 3.63) is 70.8 Å². The van der Waals surface area contributed by atoms with Crippen molar-refractivity contribution in [3.63, 3.8) is 0 Å². The Morgan fingerprint density at radius 2 is 2.07 bits per heavy atom. The monoisotopic (exact) mass is 380 g/mol. The molecule has 5 nitrogen and oxygen atoms in total. The zero-order valence-electron chi connectivity index (χ0n) is 14.4. The van der Waals surface area contributed by atoms with Crippen LogP contribution in [0, 0.1) is 5.82 Å². The molecule has 0 unspecified atom stereocenters. The van der Waals surface area contributed by atoms with Gasteiger partial charge in [0, 0.05) is 11.9 Å². The number of nitrogens with one attached hydrogen (secondary N) is 1. The summed E-state index contributed by atoms with van der Waals surface area (Å²) < 4.78 is 15.1. The SMILES string of the molecule is O=C(Cn1c(-c2cscn2)nc2ccccc21)NCCc1cccc(F)c1. The maximum atomic E-state index is 13.2. The van der Waals surface area contributed by atoms with E-state index < -0.39 is 0 Å². The molecule has 2 heterocycles. The first-order chi connectivity index (χ1) is 13.2. The maximum Gasteiger partial charge on any atom is 0.240 e. The van der Waals surface area contributed by atoms with E-state index in [2.05, 4.69) is 15.3 Å². The molecule has 7 heteroatoms. The maximum absolute atomic E-state index is 13.2. The van der Waals surface area contributed by atoms with Crippen LogP contribution in [-0.4, -0.2) is 27.0 Å². The average Bonchev–Trinajstić information content (AvgIpc) is 3.30. The molecule has 2 aromatic carbocycles. The molecule has 0 spiro atoms. The Hall–Kier alpha value is -3.06. The molecular formula is C20H17FN4OS. The Balaban J connectivity index is 1.49. The van der Waals surface area contributed by atoms with Gasteiger partial charge in [-0.3, -0.25) is 4.79 Å². The van der Waals surface area contributed by atoms with Crippen LogP contribution >= 0.6 is 11.3 Å². The van der Waals surface area contributed by atoms with E-state index in [1.54, 1.807) is 11.6 Å². The zero-order valence-corrected chi connectivity index (χ0v) is 15.2. The highest BCUT2D eigenvalue weighted by atomic mass is 32.1. The molecule has 1 amide bonds. The fourth-order valence-electron chi connectivity index (χ4n) is 2.99. The molecule has 0 saturated carbocycles. The number of benzene rings is 2. The summed E-state index contributed by atoms with van der Waals surface area (Å²) in [7, 11) is 0. The van der Waals surface area contributed by atoms with Crippen molar-refractivity contribution >= 4 is 28.3 Å². The smallest absolute Gasteiger partial charge is 0.240 e. The van der Waals surface area contributed by atoms with Crippen LogP contribution in [0.2, 0.25) is 0 Å². The minimum Gasteiger partial charge on any atom is -0.354 e. The van der Waals surface area contributed by atoms with E-state index in [-0.39, 0.29) is 18.3 Å². The van der Waals surface area contributed by atoms with E-state index in [4.69, 9.17) is 0 Å². The number of carbonyl (C=O) groups excluding carboxylic acids is 1. The lowest BCUT2D eigenvalue weighted by Gasteiger charge is -2.09. The highest BCUT2D eigenvalue weighted by molar-refractivity contribution is 7.07. The number of fused-ring (bicyclic) bond motifs is 1. The fourth-order valence-corrected chi connectivity index (χ4v) is 3.52. The number of thiazole rings is 1. The molecule has 0 aliphatic rings. The number of imidazole rings is 1. The summed E-state index contributed by atoms with van der Waals surface area (Å²) in [4.78, 5) is 21.4. The Morgan fingerprint density at radius 1 is 1.19 bits per heavy atom. The van der Waals surface area contributed by atoms with E-state index >= 15 is 0 Å². The van der Waals surface area contributed by atoms with E-state index in [1.165, 1.54) is 23.5 Å². The van der Waals surface area contributed by atoms with E-state index in [0.717, 1.165) is 22.3 Å². The van der Waals surface area contributed by atoms with Crippen molar-refractivity contribution in [3.8, 4) is 11.5 Å². The Kier molecular flexibility index (Phi) is 4.93. The van der Waals surface area contributed by atoms with Crippen LogP contribution in [0.25, 0.3) is 22.6 Å². The van der Waals surface area contributed by atoms with Gasteiger partial charge in [-0.25, -0.2) is 14.4 Å². The molecule has 0 bridgehead atoms. The van der Waals surface area contributed by atoms with Crippen molar-refractivity contribution in [1.29, 1.82) is 0 Å². The standard InChI is InChI=1S/C20H17FN4OS/c21-15-5-3-4-14(10-15)8-9-22-19(26)11-25-18-7-2-1-6-16(18)24-20(25)17-12-27-13-23-17/h1-7,10,12-13H,8-9,11H2,(H,22,26). The first-order valence-corrected chi connectivity index (χ1v) is 9.50. The normalized spacial score (nSPS) is 11.0. The van der Waals surface area contributed by atoms with Gasteiger partial charge >= 0.3 is 0 Å². The number of amides is 1.